The number of aryl methyl sites for hydroxylation is 1. The van der Waals surface area contributed by atoms with Gasteiger partial charge < -0.3 is 10.1 Å². The summed E-state index contributed by atoms with van der Waals surface area (Å²) in [5.74, 6) is 0. The number of nitrogens with zero attached hydrogens (tertiary/aromatic N) is 3. The second-order valence-corrected chi connectivity index (χ2v) is 4.48. The molecule has 0 spiro atoms. The molecule has 1 aromatic rings. The van der Waals surface area contributed by atoms with Gasteiger partial charge in [0.2, 0.25) is 0 Å². The van der Waals surface area contributed by atoms with Crippen LogP contribution >= 0.6 is 0 Å². The van der Waals surface area contributed by atoms with Crippen LogP contribution in [0.4, 0.5) is 0 Å². The molecule has 0 radical (unpaired) electrons. The van der Waals surface area contributed by atoms with Gasteiger partial charge in [-0.25, -0.2) is 0 Å². The zero-order chi connectivity index (χ0) is 11.9. The zero-order valence-corrected chi connectivity index (χ0v) is 10.4. The second-order valence-electron chi connectivity index (χ2n) is 4.48. The van der Waals surface area contributed by atoms with Gasteiger partial charge in [-0.2, -0.15) is 0 Å². The summed E-state index contributed by atoms with van der Waals surface area (Å²) in [7, 11) is 1.75. The van der Waals surface area contributed by atoms with Crippen LogP contribution in [-0.2, 0) is 11.3 Å². The average molecular weight is 226 g/mol. The lowest BCUT2D eigenvalue weighted by molar-refractivity contribution is 0.0159. The molecule has 1 aromatic heterocycles. The van der Waals surface area contributed by atoms with Crippen molar-refractivity contribution in [3.05, 3.63) is 12.4 Å². The molecule has 0 saturated carbocycles. The number of aromatic nitrogens is 3. The van der Waals surface area contributed by atoms with Crippen molar-refractivity contribution in [1.82, 2.24) is 20.3 Å². The maximum absolute atomic E-state index is 5.34. The summed E-state index contributed by atoms with van der Waals surface area (Å²) in [6.45, 7) is 7.10. The minimum Gasteiger partial charge on any atom is -0.379 e. The van der Waals surface area contributed by atoms with E-state index >= 15 is 0 Å². The standard InChI is InChI=1S/C11H22N4O/c1-11(2,16-3)5-7-12-6-4-9-15-10-8-13-14-15/h8,10,12H,4-7,9H2,1-3H3. The van der Waals surface area contributed by atoms with Gasteiger partial charge in [-0.05, 0) is 39.8 Å². The average Bonchev–Trinajstić information content (AvgIpc) is 2.76. The Labute approximate surface area is 97.2 Å². The highest BCUT2D eigenvalue weighted by Crippen LogP contribution is 2.11. The lowest BCUT2D eigenvalue weighted by atomic mass is 10.1. The molecule has 5 heteroatoms. The smallest absolute Gasteiger partial charge is 0.0692 e. The molecule has 16 heavy (non-hydrogen) atoms. The fourth-order valence-corrected chi connectivity index (χ4v) is 1.33. The lowest BCUT2D eigenvalue weighted by Gasteiger charge is -2.22. The number of methoxy groups -OCH3 is 1. The third kappa shape index (κ3) is 5.23. The Balaban J connectivity index is 1.96. The van der Waals surface area contributed by atoms with Crippen molar-refractivity contribution < 1.29 is 4.74 Å². The molecule has 5 nitrogen and oxygen atoms in total. The molecular weight excluding hydrogens is 204 g/mol. The number of ether oxygens (including phenoxy) is 1. The van der Waals surface area contributed by atoms with Crippen molar-refractivity contribution in [3.63, 3.8) is 0 Å². The Morgan fingerprint density at radius 3 is 2.81 bits per heavy atom. The van der Waals surface area contributed by atoms with Gasteiger partial charge in [-0.3, -0.25) is 4.68 Å². The van der Waals surface area contributed by atoms with E-state index in [1.165, 1.54) is 0 Å². The Bertz CT molecular complexity index is 272. The van der Waals surface area contributed by atoms with Gasteiger partial charge >= 0.3 is 0 Å². The first-order valence-electron chi connectivity index (χ1n) is 5.74. The topological polar surface area (TPSA) is 52.0 Å². The molecule has 0 atom stereocenters. The van der Waals surface area contributed by atoms with Gasteiger partial charge in [0, 0.05) is 19.9 Å². The van der Waals surface area contributed by atoms with Crippen molar-refractivity contribution in [2.75, 3.05) is 20.2 Å². The normalized spacial score (nSPS) is 11.9. The van der Waals surface area contributed by atoms with Crippen molar-refractivity contribution in [1.29, 1.82) is 0 Å². The summed E-state index contributed by atoms with van der Waals surface area (Å²) in [6.07, 6.45) is 5.67. The molecule has 92 valence electrons. The van der Waals surface area contributed by atoms with Gasteiger partial charge in [0.25, 0.3) is 0 Å². The van der Waals surface area contributed by atoms with E-state index in [2.05, 4.69) is 29.5 Å². The molecule has 1 rings (SSSR count). The van der Waals surface area contributed by atoms with Crippen LogP contribution in [0.5, 0.6) is 0 Å². The van der Waals surface area contributed by atoms with Crippen molar-refractivity contribution in [2.24, 2.45) is 0 Å². The highest BCUT2D eigenvalue weighted by atomic mass is 16.5. The molecule has 0 amide bonds. The number of nitrogens with one attached hydrogen (secondary N) is 1. The maximum Gasteiger partial charge on any atom is 0.0692 e. The van der Waals surface area contributed by atoms with E-state index < -0.39 is 0 Å². The van der Waals surface area contributed by atoms with Gasteiger partial charge in [-0.1, -0.05) is 5.21 Å². The molecule has 0 aromatic carbocycles. The fourth-order valence-electron chi connectivity index (χ4n) is 1.33. The van der Waals surface area contributed by atoms with Crippen LogP contribution in [0.2, 0.25) is 0 Å². The first kappa shape index (κ1) is 13.1. The lowest BCUT2D eigenvalue weighted by Crippen LogP contribution is -2.29. The highest BCUT2D eigenvalue weighted by Gasteiger charge is 2.14. The summed E-state index contributed by atoms with van der Waals surface area (Å²) < 4.78 is 7.19. The third-order valence-corrected chi connectivity index (χ3v) is 2.67. The highest BCUT2D eigenvalue weighted by molar-refractivity contribution is 4.69. The van der Waals surface area contributed by atoms with E-state index in [4.69, 9.17) is 4.74 Å². The maximum atomic E-state index is 5.34. The quantitative estimate of drug-likeness (QED) is 0.674. The van der Waals surface area contributed by atoms with Crippen molar-refractivity contribution in [2.45, 2.75) is 38.8 Å². The van der Waals surface area contributed by atoms with Gasteiger partial charge in [0.15, 0.2) is 0 Å². The first-order valence-corrected chi connectivity index (χ1v) is 5.74. The van der Waals surface area contributed by atoms with Crippen LogP contribution in [-0.4, -0.2) is 40.8 Å². The fraction of sp³-hybridized carbons (Fsp3) is 0.818. The van der Waals surface area contributed by atoms with Gasteiger partial charge in [0.1, 0.15) is 0 Å². The molecule has 0 aliphatic heterocycles. The predicted octanol–water partition coefficient (Wildman–Crippen LogP) is 1.07. The molecule has 0 saturated heterocycles. The summed E-state index contributed by atoms with van der Waals surface area (Å²) in [4.78, 5) is 0. The molecule has 0 aliphatic carbocycles. The van der Waals surface area contributed by atoms with Crippen LogP contribution in [0.15, 0.2) is 12.4 Å². The zero-order valence-electron chi connectivity index (χ0n) is 10.4. The predicted molar refractivity (Wildman–Crippen MR) is 63.2 cm³/mol. The Kier molecular flexibility index (Phi) is 5.42. The Morgan fingerprint density at radius 2 is 2.19 bits per heavy atom. The minimum atomic E-state index is -0.0289. The van der Waals surface area contributed by atoms with Crippen molar-refractivity contribution >= 4 is 0 Å². The molecule has 0 aliphatic rings. The van der Waals surface area contributed by atoms with Crippen LogP contribution < -0.4 is 5.32 Å². The Hall–Kier alpha value is -0.940. The van der Waals surface area contributed by atoms with E-state index in [0.717, 1.165) is 32.5 Å². The summed E-state index contributed by atoms with van der Waals surface area (Å²) in [5.41, 5.74) is -0.0289. The number of hydrogen-bond donors (Lipinski definition) is 1. The van der Waals surface area contributed by atoms with Crippen LogP contribution in [0.3, 0.4) is 0 Å². The SMILES string of the molecule is COC(C)(C)CCNCCCn1ccnn1. The summed E-state index contributed by atoms with van der Waals surface area (Å²) in [6, 6.07) is 0. The molecule has 0 unspecified atom stereocenters. The second kappa shape index (κ2) is 6.60. The Morgan fingerprint density at radius 1 is 1.38 bits per heavy atom. The van der Waals surface area contributed by atoms with Crippen LogP contribution in [0, 0.1) is 0 Å². The molecule has 1 N–H and O–H groups in total. The van der Waals surface area contributed by atoms with Crippen LogP contribution in [0.1, 0.15) is 26.7 Å². The van der Waals surface area contributed by atoms with Gasteiger partial charge in [0.05, 0.1) is 11.8 Å². The first-order chi connectivity index (χ1) is 7.64. The van der Waals surface area contributed by atoms with Crippen LogP contribution in [0.25, 0.3) is 0 Å². The van der Waals surface area contributed by atoms with Gasteiger partial charge in [-0.15, -0.1) is 5.10 Å². The molecule has 0 fully saturated rings. The number of rotatable bonds is 8. The summed E-state index contributed by atoms with van der Waals surface area (Å²) >= 11 is 0. The number of hydrogen-bond acceptors (Lipinski definition) is 4. The monoisotopic (exact) mass is 226 g/mol. The third-order valence-electron chi connectivity index (χ3n) is 2.67. The minimum absolute atomic E-state index is 0.0289. The molecule has 0 bridgehead atoms. The molecule has 1 heterocycles. The summed E-state index contributed by atoms with van der Waals surface area (Å²) in [5, 5.41) is 11.1. The molecular formula is C11H22N4O. The van der Waals surface area contributed by atoms with E-state index in [1.807, 2.05) is 10.9 Å². The largest absolute Gasteiger partial charge is 0.379 e. The van der Waals surface area contributed by atoms with E-state index in [-0.39, 0.29) is 5.60 Å². The van der Waals surface area contributed by atoms with Crippen molar-refractivity contribution in [3.8, 4) is 0 Å². The van der Waals surface area contributed by atoms with E-state index in [1.54, 1.807) is 13.3 Å². The van der Waals surface area contributed by atoms with E-state index in [9.17, 15) is 0 Å². The van der Waals surface area contributed by atoms with E-state index in [0.29, 0.717) is 0 Å².